The van der Waals surface area contributed by atoms with E-state index in [-0.39, 0.29) is 12.6 Å². The normalized spacial score (nSPS) is 12.4. The van der Waals surface area contributed by atoms with E-state index in [2.05, 4.69) is 10.2 Å². The van der Waals surface area contributed by atoms with Gasteiger partial charge in [-0.3, -0.25) is 0 Å². The molecule has 0 fully saturated rings. The Kier molecular flexibility index (Phi) is 3.84. The molecule has 0 aliphatic rings. The molecule has 2 rings (SSSR count). The minimum Gasteiger partial charge on any atom is -0.484 e. The SMILES string of the molecule is Cc1cc(Cl)ccc1OCc1nnc(C(C)N)o1. The molecule has 1 aromatic carbocycles. The average Bonchev–Trinajstić information content (AvgIpc) is 2.76. The molecule has 2 aromatic rings. The molecule has 96 valence electrons. The standard InChI is InChI=1S/C12H14ClN3O2/c1-7-5-9(13)3-4-10(7)17-6-11-15-16-12(18-11)8(2)14/h3-5,8H,6,14H2,1-2H3. The summed E-state index contributed by atoms with van der Waals surface area (Å²) in [6, 6.07) is 5.13. The summed E-state index contributed by atoms with van der Waals surface area (Å²) < 4.78 is 10.9. The van der Waals surface area contributed by atoms with E-state index in [1.54, 1.807) is 19.1 Å². The predicted octanol–water partition coefficient (Wildman–Crippen LogP) is 2.63. The van der Waals surface area contributed by atoms with Crippen molar-refractivity contribution in [2.75, 3.05) is 0 Å². The van der Waals surface area contributed by atoms with Gasteiger partial charge in [0, 0.05) is 5.02 Å². The summed E-state index contributed by atoms with van der Waals surface area (Å²) in [5, 5.41) is 8.35. The predicted molar refractivity (Wildman–Crippen MR) is 67.4 cm³/mol. The molecule has 1 atom stereocenters. The molecule has 0 bridgehead atoms. The first kappa shape index (κ1) is 12.9. The summed E-state index contributed by atoms with van der Waals surface area (Å²) in [4.78, 5) is 0. The molecule has 1 aromatic heterocycles. The highest BCUT2D eigenvalue weighted by molar-refractivity contribution is 6.30. The van der Waals surface area contributed by atoms with E-state index < -0.39 is 0 Å². The van der Waals surface area contributed by atoms with E-state index in [1.807, 2.05) is 13.0 Å². The van der Waals surface area contributed by atoms with Gasteiger partial charge in [0.15, 0.2) is 6.61 Å². The number of aryl methyl sites for hydroxylation is 1. The number of hydrogen-bond acceptors (Lipinski definition) is 5. The van der Waals surface area contributed by atoms with E-state index >= 15 is 0 Å². The highest BCUT2D eigenvalue weighted by atomic mass is 35.5. The van der Waals surface area contributed by atoms with Gasteiger partial charge in [0.25, 0.3) is 5.89 Å². The molecule has 5 nitrogen and oxygen atoms in total. The maximum atomic E-state index is 5.86. The van der Waals surface area contributed by atoms with Gasteiger partial charge in [-0.15, -0.1) is 10.2 Å². The highest BCUT2D eigenvalue weighted by Gasteiger charge is 2.10. The first-order valence-corrected chi connectivity index (χ1v) is 5.91. The van der Waals surface area contributed by atoms with Gasteiger partial charge in [0.05, 0.1) is 6.04 Å². The third kappa shape index (κ3) is 3.00. The Morgan fingerprint density at radius 2 is 2.22 bits per heavy atom. The van der Waals surface area contributed by atoms with Crippen LogP contribution in [0.5, 0.6) is 5.75 Å². The van der Waals surface area contributed by atoms with Crippen LogP contribution in [0.25, 0.3) is 0 Å². The van der Waals surface area contributed by atoms with E-state index in [0.29, 0.717) is 16.8 Å². The molecule has 0 aliphatic carbocycles. The Balaban J connectivity index is 2.02. The van der Waals surface area contributed by atoms with Crippen molar-refractivity contribution in [1.29, 1.82) is 0 Å². The topological polar surface area (TPSA) is 74.2 Å². The van der Waals surface area contributed by atoms with Crippen LogP contribution in [0.3, 0.4) is 0 Å². The van der Waals surface area contributed by atoms with Crippen LogP contribution < -0.4 is 10.5 Å². The number of aromatic nitrogens is 2. The van der Waals surface area contributed by atoms with Crippen LogP contribution in [0.4, 0.5) is 0 Å². The Morgan fingerprint density at radius 3 is 2.83 bits per heavy atom. The van der Waals surface area contributed by atoms with Gasteiger partial charge < -0.3 is 14.9 Å². The van der Waals surface area contributed by atoms with Crippen molar-refractivity contribution in [3.05, 3.63) is 40.6 Å². The number of halogens is 1. The highest BCUT2D eigenvalue weighted by Crippen LogP contribution is 2.22. The van der Waals surface area contributed by atoms with Crippen molar-refractivity contribution in [2.24, 2.45) is 5.73 Å². The molecule has 6 heteroatoms. The van der Waals surface area contributed by atoms with Crippen molar-refractivity contribution >= 4 is 11.6 Å². The second kappa shape index (κ2) is 5.37. The Morgan fingerprint density at radius 1 is 1.44 bits per heavy atom. The molecule has 0 radical (unpaired) electrons. The zero-order valence-electron chi connectivity index (χ0n) is 10.2. The summed E-state index contributed by atoms with van der Waals surface area (Å²) in [5.74, 6) is 1.54. The lowest BCUT2D eigenvalue weighted by molar-refractivity contribution is 0.255. The fourth-order valence-corrected chi connectivity index (χ4v) is 1.65. The molecule has 0 saturated heterocycles. The molecule has 2 N–H and O–H groups in total. The summed E-state index contributed by atoms with van der Waals surface area (Å²) in [6.07, 6.45) is 0. The van der Waals surface area contributed by atoms with Crippen LogP contribution in [-0.2, 0) is 6.61 Å². The molecule has 0 saturated carbocycles. The lowest BCUT2D eigenvalue weighted by Crippen LogP contribution is -2.04. The molecule has 0 amide bonds. The first-order valence-electron chi connectivity index (χ1n) is 5.53. The number of nitrogens with zero attached hydrogens (tertiary/aromatic N) is 2. The summed E-state index contributed by atoms with van der Waals surface area (Å²) in [7, 11) is 0. The smallest absolute Gasteiger partial charge is 0.253 e. The summed E-state index contributed by atoms with van der Waals surface area (Å²) in [5.41, 5.74) is 6.58. The molecular formula is C12H14ClN3O2. The second-order valence-electron chi connectivity index (χ2n) is 4.02. The molecular weight excluding hydrogens is 254 g/mol. The zero-order chi connectivity index (χ0) is 13.1. The third-order valence-electron chi connectivity index (χ3n) is 2.36. The zero-order valence-corrected chi connectivity index (χ0v) is 10.9. The van der Waals surface area contributed by atoms with Crippen molar-refractivity contribution in [1.82, 2.24) is 10.2 Å². The largest absolute Gasteiger partial charge is 0.484 e. The Labute approximate surface area is 110 Å². The van der Waals surface area contributed by atoms with E-state index in [0.717, 1.165) is 11.3 Å². The number of rotatable bonds is 4. The number of benzene rings is 1. The van der Waals surface area contributed by atoms with Crippen molar-refractivity contribution < 1.29 is 9.15 Å². The molecule has 18 heavy (non-hydrogen) atoms. The number of nitrogens with two attached hydrogens (primary N) is 1. The van der Waals surface area contributed by atoms with E-state index in [9.17, 15) is 0 Å². The number of hydrogen-bond donors (Lipinski definition) is 1. The van der Waals surface area contributed by atoms with Crippen LogP contribution >= 0.6 is 11.6 Å². The van der Waals surface area contributed by atoms with Gasteiger partial charge in [-0.2, -0.15) is 0 Å². The number of ether oxygens (including phenoxy) is 1. The average molecular weight is 268 g/mol. The Hall–Kier alpha value is -1.59. The van der Waals surface area contributed by atoms with E-state index in [1.165, 1.54) is 0 Å². The molecule has 1 heterocycles. The minimum absolute atomic E-state index is 0.211. The van der Waals surface area contributed by atoms with E-state index in [4.69, 9.17) is 26.5 Å². The van der Waals surface area contributed by atoms with Gasteiger partial charge in [-0.25, -0.2) is 0 Å². The van der Waals surface area contributed by atoms with Gasteiger partial charge in [-0.1, -0.05) is 11.6 Å². The Bertz CT molecular complexity index is 540. The van der Waals surface area contributed by atoms with Crippen LogP contribution in [0.1, 0.15) is 30.3 Å². The van der Waals surface area contributed by atoms with Gasteiger partial charge >= 0.3 is 0 Å². The van der Waals surface area contributed by atoms with Crippen molar-refractivity contribution in [2.45, 2.75) is 26.5 Å². The molecule has 1 unspecified atom stereocenters. The lowest BCUT2D eigenvalue weighted by atomic mass is 10.2. The maximum Gasteiger partial charge on any atom is 0.253 e. The summed E-state index contributed by atoms with van der Waals surface area (Å²) >= 11 is 5.86. The molecule has 0 aliphatic heterocycles. The van der Waals surface area contributed by atoms with Crippen LogP contribution in [0.15, 0.2) is 22.6 Å². The second-order valence-corrected chi connectivity index (χ2v) is 4.46. The van der Waals surface area contributed by atoms with Crippen molar-refractivity contribution in [3.63, 3.8) is 0 Å². The third-order valence-corrected chi connectivity index (χ3v) is 2.60. The van der Waals surface area contributed by atoms with Gasteiger partial charge in [-0.05, 0) is 37.6 Å². The van der Waals surface area contributed by atoms with Gasteiger partial charge in [0.2, 0.25) is 5.89 Å². The summed E-state index contributed by atoms with van der Waals surface area (Å²) in [6.45, 7) is 3.91. The van der Waals surface area contributed by atoms with Gasteiger partial charge in [0.1, 0.15) is 5.75 Å². The van der Waals surface area contributed by atoms with Crippen LogP contribution in [-0.4, -0.2) is 10.2 Å². The minimum atomic E-state index is -0.275. The van der Waals surface area contributed by atoms with Crippen molar-refractivity contribution in [3.8, 4) is 5.75 Å². The monoisotopic (exact) mass is 267 g/mol. The van der Waals surface area contributed by atoms with Crippen LogP contribution in [0, 0.1) is 6.92 Å². The lowest BCUT2D eigenvalue weighted by Gasteiger charge is -2.06. The fourth-order valence-electron chi connectivity index (χ4n) is 1.42. The molecule has 0 spiro atoms. The fraction of sp³-hybridized carbons (Fsp3) is 0.333. The van der Waals surface area contributed by atoms with Crippen LogP contribution in [0.2, 0.25) is 5.02 Å². The maximum absolute atomic E-state index is 5.86. The first-order chi connectivity index (χ1) is 8.56. The quantitative estimate of drug-likeness (QED) is 0.922.